The largest absolute Gasteiger partial charge is 0.500 e. The lowest BCUT2D eigenvalue weighted by molar-refractivity contribution is -0.00763. The standard InChI is InChI=1S/C14H31NO4Si3/c1-6-20(2,3)19-21(4,5)13-14-22-16-10-7-15(8-11-17-22)9-12-18-22/h6H,1,7-14H2,2-5H3. The highest BCUT2D eigenvalue weighted by Crippen LogP contribution is 2.28. The summed E-state index contributed by atoms with van der Waals surface area (Å²) in [6.07, 6.45) is 0. The molecule has 0 amide bonds. The van der Waals surface area contributed by atoms with Gasteiger partial charge in [-0.25, -0.2) is 0 Å². The van der Waals surface area contributed by atoms with Crippen molar-refractivity contribution in [3.63, 3.8) is 0 Å². The van der Waals surface area contributed by atoms with Crippen molar-refractivity contribution in [3.8, 4) is 0 Å². The zero-order chi connectivity index (χ0) is 16.3. The van der Waals surface area contributed by atoms with E-state index in [1.54, 1.807) is 0 Å². The molecule has 22 heavy (non-hydrogen) atoms. The lowest BCUT2D eigenvalue weighted by atomic mass is 10.4. The van der Waals surface area contributed by atoms with Crippen LogP contribution in [-0.2, 0) is 17.4 Å². The maximum Gasteiger partial charge on any atom is 0.500 e. The van der Waals surface area contributed by atoms with Crippen LogP contribution in [0.3, 0.4) is 0 Å². The molecule has 0 unspecified atom stereocenters. The SMILES string of the molecule is C=C[Si](C)(C)O[Si](C)(C)CC[Si]12OCCN(CCO1)CCO2. The van der Waals surface area contributed by atoms with E-state index in [9.17, 15) is 0 Å². The molecule has 3 rings (SSSR count). The van der Waals surface area contributed by atoms with Crippen molar-refractivity contribution in [2.24, 2.45) is 0 Å². The molecule has 0 aromatic heterocycles. The Kier molecular flexibility index (Phi) is 6.22. The summed E-state index contributed by atoms with van der Waals surface area (Å²) in [7, 11) is -6.01. The highest BCUT2D eigenvalue weighted by Gasteiger charge is 2.45. The van der Waals surface area contributed by atoms with Crippen LogP contribution < -0.4 is 0 Å². The number of hydrogen-bond donors (Lipinski definition) is 0. The Balaban J connectivity index is 1.96. The fourth-order valence-corrected chi connectivity index (χ4v) is 14.9. The predicted octanol–water partition coefficient (Wildman–Crippen LogP) is 2.46. The van der Waals surface area contributed by atoms with Gasteiger partial charge in [0.05, 0.1) is 19.8 Å². The van der Waals surface area contributed by atoms with E-state index in [4.69, 9.17) is 17.4 Å². The van der Waals surface area contributed by atoms with Crippen LogP contribution in [0.1, 0.15) is 0 Å². The van der Waals surface area contributed by atoms with E-state index in [0.717, 1.165) is 51.5 Å². The van der Waals surface area contributed by atoms with Crippen molar-refractivity contribution in [1.29, 1.82) is 0 Å². The van der Waals surface area contributed by atoms with E-state index < -0.39 is 25.4 Å². The molecule has 0 saturated carbocycles. The van der Waals surface area contributed by atoms with Crippen molar-refractivity contribution in [2.45, 2.75) is 38.3 Å². The molecule has 2 bridgehead atoms. The van der Waals surface area contributed by atoms with Gasteiger partial charge in [-0.3, -0.25) is 4.90 Å². The van der Waals surface area contributed by atoms with Gasteiger partial charge in [0.1, 0.15) is 0 Å². The topological polar surface area (TPSA) is 40.2 Å². The maximum absolute atomic E-state index is 6.46. The van der Waals surface area contributed by atoms with Crippen LogP contribution in [0.4, 0.5) is 0 Å². The molecule has 3 aliphatic heterocycles. The Morgan fingerprint density at radius 1 is 1.05 bits per heavy atom. The first-order chi connectivity index (χ1) is 10.3. The van der Waals surface area contributed by atoms with Crippen LogP contribution in [-0.4, -0.2) is 69.8 Å². The molecule has 3 fully saturated rings. The van der Waals surface area contributed by atoms with Crippen molar-refractivity contribution in [2.75, 3.05) is 39.5 Å². The van der Waals surface area contributed by atoms with Crippen LogP contribution in [0.15, 0.2) is 12.3 Å². The second kappa shape index (κ2) is 7.39. The van der Waals surface area contributed by atoms with Gasteiger partial charge in [-0.1, -0.05) is 5.70 Å². The molecule has 0 aromatic rings. The zero-order valence-corrected chi connectivity index (χ0v) is 17.5. The van der Waals surface area contributed by atoms with Crippen molar-refractivity contribution in [1.82, 2.24) is 4.90 Å². The number of nitrogens with zero attached hydrogens (tertiary/aromatic N) is 1. The summed E-state index contributed by atoms with van der Waals surface area (Å²) in [6, 6.07) is 1.90. The third kappa shape index (κ3) is 5.38. The van der Waals surface area contributed by atoms with E-state index in [-0.39, 0.29) is 0 Å². The summed E-state index contributed by atoms with van der Waals surface area (Å²) in [4.78, 5) is 2.34. The molecule has 0 aromatic carbocycles. The minimum atomic E-state index is -2.51. The molecule has 0 spiro atoms. The third-order valence-corrected chi connectivity index (χ3v) is 14.3. The summed E-state index contributed by atoms with van der Waals surface area (Å²) in [5.74, 6) is 0. The van der Waals surface area contributed by atoms with Gasteiger partial charge in [0.2, 0.25) is 0 Å². The van der Waals surface area contributed by atoms with Gasteiger partial charge in [-0.05, 0) is 32.2 Å². The predicted molar refractivity (Wildman–Crippen MR) is 95.9 cm³/mol. The molecule has 0 atom stereocenters. The van der Waals surface area contributed by atoms with Gasteiger partial charge >= 0.3 is 8.80 Å². The minimum Gasteiger partial charge on any atom is -0.453 e. The van der Waals surface area contributed by atoms with Gasteiger partial charge in [-0.15, -0.1) is 6.58 Å². The van der Waals surface area contributed by atoms with Crippen molar-refractivity contribution >= 4 is 25.4 Å². The van der Waals surface area contributed by atoms with Gasteiger partial charge in [0.15, 0.2) is 16.6 Å². The fraction of sp³-hybridized carbons (Fsp3) is 0.857. The molecule has 3 heterocycles. The third-order valence-electron chi connectivity index (χ3n) is 4.25. The second-order valence-electron chi connectivity index (χ2n) is 7.24. The van der Waals surface area contributed by atoms with E-state index >= 15 is 0 Å². The number of hydrogen-bond acceptors (Lipinski definition) is 5. The number of rotatable bonds is 6. The molecular formula is C14H31NO4Si3. The lowest BCUT2D eigenvalue weighted by Gasteiger charge is -2.39. The van der Waals surface area contributed by atoms with Gasteiger partial charge in [-0.2, -0.15) is 0 Å². The van der Waals surface area contributed by atoms with E-state index in [0.29, 0.717) is 0 Å². The molecule has 0 aliphatic carbocycles. The minimum absolute atomic E-state index is 0.724. The summed E-state index contributed by atoms with van der Waals surface area (Å²) < 4.78 is 24.8. The summed E-state index contributed by atoms with van der Waals surface area (Å²) in [5, 5.41) is 0. The molecule has 128 valence electrons. The molecule has 3 aliphatic rings. The Labute approximate surface area is 138 Å². The first kappa shape index (κ1) is 18.5. The Morgan fingerprint density at radius 2 is 1.55 bits per heavy atom. The number of fused-ring (bicyclic) bond motifs is 6. The Bertz CT molecular complexity index is 366. The molecule has 0 N–H and O–H groups in total. The van der Waals surface area contributed by atoms with Gasteiger partial charge in [0, 0.05) is 25.7 Å². The smallest absolute Gasteiger partial charge is 0.453 e. The molecule has 8 heteroatoms. The average molecular weight is 362 g/mol. The van der Waals surface area contributed by atoms with E-state index in [2.05, 4.69) is 37.7 Å². The quantitative estimate of drug-likeness (QED) is 0.680. The molecule has 5 nitrogen and oxygen atoms in total. The van der Waals surface area contributed by atoms with Crippen LogP contribution >= 0.6 is 0 Å². The zero-order valence-electron chi connectivity index (χ0n) is 14.5. The first-order valence-electron chi connectivity index (χ1n) is 8.24. The Hall–Kier alpha value is 0.191. The summed E-state index contributed by atoms with van der Waals surface area (Å²) in [5.41, 5.74) is 2.02. The van der Waals surface area contributed by atoms with Gasteiger partial charge in [0.25, 0.3) is 0 Å². The molecule has 3 saturated heterocycles. The van der Waals surface area contributed by atoms with E-state index in [1.807, 2.05) is 5.70 Å². The second-order valence-corrected chi connectivity index (χ2v) is 18.4. The summed E-state index contributed by atoms with van der Waals surface area (Å²) in [6.45, 7) is 18.1. The van der Waals surface area contributed by atoms with E-state index in [1.165, 1.54) is 0 Å². The normalized spacial score (nSPS) is 30.5. The Morgan fingerprint density at radius 3 is 2.00 bits per heavy atom. The highest BCUT2D eigenvalue weighted by atomic mass is 28.4. The van der Waals surface area contributed by atoms with Crippen LogP contribution in [0, 0.1) is 0 Å². The molecular weight excluding hydrogens is 330 g/mol. The lowest BCUT2D eigenvalue weighted by Crippen LogP contribution is -2.56. The van der Waals surface area contributed by atoms with Crippen LogP contribution in [0.5, 0.6) is 0 Å². The monoisotopic (exact) mass is 361 g/mol. The summed E-state index contributed by atoms with van der Waals surface area (Å²) >= 11 is 0. The van der Waals surface area contributed by atoms with Crippen LogP contribution in [0.25, 0.3) is 0 Å². The first-order valence-corrected chi connectivity index (χ1v) is 16.3. The molecule has 0 radical (unpaired) electrons. The maximum atomic E-state index is 6.46. The highest BCUT2D eigenvalue weighted by molar-refractivity contribution is 6.87. The van der Waals surface area contributed by atoms with Gasteiger partial charge < -0.3 is 17.4 Å². The van der Waals surface area contributed by atoms with Crippen LogP contribution in [0.2, 0.25) is 38.3 Å². The van der Waals surface area contributed by atoms with Crippen molar-refractivity contribution in [3.05, 3.63) is 12.3 Å². The average Bonchev–Trinajstić information content (AvgIpc) is 2.35. The van der Waals surface area contributed by atoms with Crippen molar-refractivity contribution < 1.29 is 17.4 Å². The fourth-order valence-electron chi connectivity index (χ4n) is 2.93.